The van der Waals surface area contributed by atoms with Gasteiger partial charge in [0.05, 0.1) is 0 Å². The monoisotopic (exact) mass is 197 g/mol. The van der Waals surface area contributed by atoms with Gasteiger partial charge in [-0.05, 0) is 37.9 Å². The quantitative estimate of drug-likeness (QED) is 0.470. The molecule has 0 bridgehead atoms. The first-order valence-corrected chi connectivity index (χ1v) is 4.73. The van der Waals surface area contributed by atoms with Crippen LogP contribution in [0.4, 0.5) is 0 Å². The maximum Gasteiger partial charge on any atom is 0.276 e. The van der Waals surface area contributed by atoms with E-state index in [1.54, 1.807) is 0 Å². The van der Waals surface area contributed by atoms with Gasteiger partial charge in [-0.1, -0.05) is 0 Å². The number of fused-ring (bicyclic) bond motifs is 1. The first-order chi connectivity index (χ1) is 6.20. The number of nitrogens with two attached hydrogens (primary N) is 1. The summed E-state index contributed by atoms with van der Waals surface area (Å²) in [6.45, 7) is 0. The van der Waals surface area contributed by atoms with Crippen molar-refractivity contribution >= 4 is 12.2 Å². The number of aryl methyl sites for hydroxylation is 1. The van der Waals surface area contributed by atoms with Gasteiger partial charge in [-0.25, -0.2) is 0 Å². The van der Waals surface area contributed by atoms with Crippen LogP contribution in [0.2, 0.25) is 0 Å². The molecule has 0 atom stereocenters. The summed E-state index contributed by atoms with van der Waals surface area (Å²) in [5.41, 5.74) is 1.64. The molecule has 0 radical (unpaired) electrons. The highest BCUT2D eigenvalue weighted by molar-refractivity contribution is 7.71. The fraction of sp³-hybridized carbons (Fsp3) is 0.500. The summed E-state index contributed by atoms with van der Waals surface area (Å²) in [5, 5.41) is 0. The van der Waals surface area contributed by atoms with Crippen LogP contribution in [0.15, 0.2) is 4.79 Å². The molecule has 5 heteroatoms. The number of aromatic amines is 1. The Morgan fingerprint density at radius 3 is 2.85 bits per heavy atom. The number of rotatable bonds is 0. The van der Waals surface area contributed by atoms with Crippen molar-refractivity contribution in [2.24, 2.45) is 0 Å². The van der Waals surface area contributed by atoms with Crippen LogP contribution in [0.5, 0.6) is 0 Å². The summed E-state index contributed by atoms with van der Waals surface area (Å²) in [6, 6.07) is 0. The minimum Gasteiger partial charge on any atom is -0.334 e. The van der Waals surface area contributed by atoms with Gasteiger partial charge in [-0.15, -0.1) is 0 Å². The molecule has 13 heavy (non-hydrogen) atoms. The lowest BCUT2D eigenvalue weighted by Crippen LogP contribution is -2.33. The lowest BCUT2D eigenvalue weighted by molar-refractivity contribution is 0.640. The normalized spacial score (nSPS) is 15.4. The van der Waals surface area contributed by atoms with Crippen molar-refractivity contribution in [1.29, 1.82) is 0 Å². The Morgan fingerprint density at radius 2 is 2.08 bits per heavy atom. The zero-order chi connectivity index (χ0) is 9.42. The van der Waals surface area contributed by atoms with Crippen LogP contribution >= 0.6 is 12.2 Å². The third-order valence-corrected chi connectivity index (χ3v) is 2.72. The molecule has 0 amide bonds. The molecule has 1 aromatic heterocycles. The molecule has 0 unspecified atom stereocenters. The van der Waals surface area contributed by atoms with Crippen molar-refractivity contribution < 1.29 is 0 Å². The van der Waals surface area contributed by atoms with Gasteiger partial charge < -0.3 is 10.8 Å². The smallest absolute Gasteiger partial charge is 0.276 e. The Hall–Kier alpha value is -1.10. The van der Waals surface area contributed by atoms with Gasteiger partial charge in [0.25, 0.3) is 5.56 Å². The number of nitrogen functional groups attached to an aromatic ring is 1. The van der Waals surface area contributed by atoms with E-state index in [4.69, 9.17) is 18.1 Å². The molecule has 0 aliphatic heterocycles. The lowest BCUT2D eigenvalue weighted by atomic mass is 9.97. The zero-order valence-corrected chi connectivity index (χ0v) is 7.99. The van der Waals surface area contributed by atoms with Crippen LogP contribution in [0.1, 0.15) is 24.1 Å². The van der Waals surface area contributed by atoms with Gasteiger partial charge in [-0.3, -0.25) is 4.79 Å². The van der Waals surface area contributed by atoms with Crippen molar-refractivity contribution in [2.45, 2.75) is 25.7 Å². The van der Waals surface area contributed by atoms with E-state index in [1.807, 2.05) is 0 Å². The lowest BCUT2D eigenvalue weighted by Gasteiger charge is -2.15. The molecule has 1 aromatic rings. The van der Waals surface area contributed by atoms with E-state index in [9.17, 15) is 4.79 Å². The maximum atomic E-state index is 11.6. The molecular weight excluding hydrogens is 186 g/mol. The number of hydrogen-bond acceptors (Lipinski definition) is 3. The fourth-order valence-corrected chi connectivity index (χ4v) is 1.91. The first-order valence-electron chi connectivity index (χ1n) is 4.32. The van der Waals surface area contributed by atoms with Gasteiger partial charge in [0.15, 0.2) is 4.77 Å². The van der Waals surface area contributed by atoms with Crippen LogP contribution < -0.4 is 11.4 Å². The SMILES string of the molecule is Nn1c(=S)[nH]c2c(c1=O)CCCC2. The van der Waals surface area contributed by atoms with E-state index in [-0.39, 0.29) is 5.56 Å². The highest BCUT2D eigenvalue weighted by Gasteiger charge is 2.14. The highest BCUT2D eigenvalue weighted by atomic mass is 32.1. The predicted molar refractivity (Wildman–Crippen MR) is 52.7 cm³/mol. The van der Waals surface area contributed by atoms with E-state index in [0.717, 1.165) is 41.6 Å². The largest absolute Gasteiger partial charge is 0.334 e. The number of aromatic nitrogens is 2. The van der Waals surface area contributed by atoms with Gasteiger partial charge in [0, 0.05) is 11.3 Å². The standard InChI is InChI=1S/C8H11N3OS/c9-11-7(12)5-3-1-2-4-6(5)10-8(11)13/h1-4,9H2,(H,10,13). The zero-order valence-electron chi connectivity index (χ0n) is 7.17. The third kappa shape index (κ3) is 1.29. The minimum atomic E-state index is -0.140. The van der Waals surface area contributed by atoms with Gasteiger partial charge in [0.2, 0.25) is 0 Å². The molecule has 2 rings (SSSR count). The van der Waals surface area contributed by atoms with Crippen LogP contribution in [0.3, 0.4) is 0 Å². The average molecular weight is 197 g/mol. The summed E-state index contributed by atoms with van der Waals surface area (Å²) in [5.74, 6) is 5.47. The van der Waals surface area contributed by atoms with Crippen molar-refractivity contribution in [3.63, 3.8) is 0 Å². The van der Waals surface area contributed by atoms with E-state index in [0.29, 0.717) is 4.77 Å². The number of H-pyrrole nitrogens is 1. The molecule has 0 fully saturated rings. The van der Waals surface area contributed by atoms with E-state index in [1.165, 1.54) is 0 Å². The first kappa shape index (κ1) is 8.50. The molecule has 0 saturated carbocycles. The Bertz CT molecular complexity index is 446. The van der Waals surface area contributed by atoms with E-state index >= 15 is 0 Å². The molecule has 1 aliphatic carbocycles. The van der Waals surface area contributed by atoms with Gasteiger partial charge in [0.1, 0.15) is 0 Å². The van der Waals surface area contributed by atoms with E-state index < -0.39 is 0 Å². The molecule has 3 N–H and O–H groups in total. The Kier molecular flexibility index (Phi) is 1.95. The molecule has 1 heterocycles. The van der Waals surface area contributed by atoms with Crippen molar-refractivity contribution in [3.8, 4) is 0 Å². The molecule has 1 aliphatic rings. The number of nitrogens with one attached hydrogen (secondary N) is 1. The summed E-state index contributed by atoms with van der Waals surface area (Å²) in [4.78, 5) is 14.6. The fourth-order valence-electron chi connectivity index (χ4n) is 1.71. The topological polar surface area (TPSA) is 63.8 Å². The highest BCUT2D eigenvalue weighted by Crippen LogP contribution is 2.14. The molecule has 4 nitrogen and oxygen atoms in total. The molecule has 70 valence electrons. The Balaban J connectivity index is 2.75. The van der Waals surface area contributed by atoms with Crippen LogP contribution in [0, 0.1) is 4.77 Å². The molecular formula is C8H11N3OS. The minimum absolute atomic E-state index is 0.140. The average Bonchev–Trinajstić information content (AvgIpc) is 2.15. The maximum absolute atomic E-state index is 11.6. The second kappa shape index (κ2) is 2.99. The Morgan fingerprint density at radius 1 is 1.38 bits per heavy atom. The number of hydrogen-bond donors (Lipinski definition) is 2. The summed E-state index contributed by atoms with van der Waals surface area (Å²) >= 11 is 4.91. The van der Waals surface area contributed by atoms with Crippen molar-refractivity contribution in [3.05, 3.63) is 26.4 Å². The second-order valence-corrected chi connectivity index (χ2v) is 3.66. The van der Waals surface area contributed by atoms with Crippen LogP contribution in [0.25, 0.3) is 0 Å². The third-order valence-electron chi connectivity index (χ3n) is 2.42. The second-order valence-electron chi connectivity index (χ2n) is 3.27. The van der Waals surface area contributed by atoms with Gasteiger partial charge >= 0.3 is 0 Å². The van der Waals surface area contributed by atoms with Crippen molar-refractivity contribution in [2.75, 3.05) is 5.84 Å². The van der Waals surface area contributed by atoms with E-state index in [2.05, 4.69) is 4.98 Å². The summed E-state index contributed by atoms with van der Waals surface area (Å²) in [6.07, 6.45) is 3.91. The Labute approximate surface area is 80.4 Å². The predicted octanol–water partition coefficient (Wildman–Crippen LogP) is 0.498. The number of nitrogens with zero attached hydrogens (tertiary/aromatic N) is 1. The van der Waals surface area contributed by atoms with Crippen molar-refractivity contribution in [1.82, 2.24) is 9.66 Å². The molecule has 0 aromatic carbocycles. The van der Waals surface area contributed by atoms with Gasteiger partial charge in [-0.2, -0.15) is 4.68 Å². The summed E-state index contributed by atoms with van der Waals surface area (Å²) in [7, 11) is 0. The van der Waals surface area contributed by atoms with Crippen LogP contribution in [-0.2, 0) is 12.8 Å². The summed E-state index contributed by atoms with van der Waals surface area (Å²) < 4.78 is 1.32. The molecule has 0 spiro atoms. The van der Waals surface area contributed by atoms with Crippen LogP contribution in [-0.4, -0.2) is 9.66 Å². The molecule has 0 saturated heterocycles.